The van der Waals surface area contributed by atoms with Gasteiger partial charge in [-0.2, -0.15) is 0 Å². The number of thiophene rings is 1. The molecule has 0 radical (unpaired) electrons. The molecule has 1 aliphatic rings. The monoisotopic (exact) mass is 385 g/mol. The van der Waals surface area contributed by atoms with Crippen LogP contribution in [0.5, 0.6) is 0 Å². The van der Waals surface area contributed by atoms with Crippen molar-refractivity contribution >= 4 is 31.7 Å². The lowest BCUT2D eigenvalue weighted by molar-refractivity contribution is -0.160. The van der Waals surface area contributed by atoms with Crippen LogP contribution in [0.4, 0.5) is 4.79 Å². The van der Waals surface area contributed by atoms with E-state index in [4.69, 9.17) is 13.9 Å². The van der Waals surface area contributed by atoms with E-state index >= 15 is 0 Å². The molecular formula is C17H27NO5SSi. The van der Waals surface area contributed by atoms with Crippen LogP contribution < -0.4 is 0 Å². The first-order valence-corrected chi connectivity index (χ1v) is 12.1. The van der Waals surface area contributed by atoms with Crippen molar-refractivity contribution in [2.24, 2.45) is 0 Å². The zero-order valence-electron chi connectivity index (χ0n) is 15.3. The summed E-state index contributed by atoms with van der Waals surface area (Å²) in [4.78, 5) is 27.1. The Morgan fingerprint density at radius 1 is 1.24 bits per heavy atom. The van der Waals surface area contributed by atoms with Gasteiger partial charge in [-0.3, -0.25) is 4.79 Å². The predicted octanol–water partition coefficient (Wildman–Crippen LogP) is 3.80. The molecule has 1 aromatic rings. The van der Waals surface area contributed by atoms with E-state index in [2.05, 4.69) is 20.8 Å². The molecule has 0 N–H and O–H groups in total. The van der Waals surface area contributed by atoms with Crippen molar-refractivity contribution in [3.63, 3.8) is 0 Å². The number of hydrogen-bond donors (Lipinski definition) is 0. The van der Waals surface area contributed by atoms with Gasteiger partial charge in [-0.25, -0.2) is 9.69 Å². The fraction of sp³-hybridized carbons (Fsp3) is 0.647. The van der Waals surface area contributed by atoms with Crippen molar-refractivity contribution in [2.45, 2.75) is 51.0 Å². The first kappa shape index (κ1) is 20.1. The van der Waals surface area contributed by atoms with Crippen molar-refractivity contribution < 1.29 is 23.5 Å². The highest BCUT2D eigenvalue weighted by molar-refractivity contribution is 7.10. The topological polar surface area (TPSA) is 65.1 Å². The number of β-lactam (4-membered cyclic amide) rings is 1. The van der Waals surface area contributed by atoms with Gasteiger partial charge in [0.25, 0.3) is 5.91 Å². The fourth-order valence-electron chi connectivity index (χ4n) is 3.07. The van der Waals surface area contributed by atoms with E-state index in [9.17, 15) is 9.59 Å². The maximum absolute atomic E-state index is 12.7. The molecule has 25 heavy (non-hydrogen) atoms. The molecule has 2 atom stereocenters. The summed E-state index contributed by atoms with van der Waals surface area (Å²) in [6.07, 6.45) is -1.21. The molecule has 0 aliphatic carbocycles. The fourth-order valence-corrected chi connectivity index (χ4v) is 6.68. The van der Waals surface area contributed by atoms with Gasteiger partial charge in [-0.1, -0.05) is 26.8 Å². The van der Waals surface area contributed by atoms with E-state index in [1.165, 1.54) is 23.3 Å². The minimum Gasteiger partial charge on any atom is -0.447 e. The van der Waals surface area contributed by atoms with Crippen LogP contribution in [-0.4, -0.2) is 51.6 Å². The van der Waals surface area contributed by atoms with E-state index in [1.54, 1.807) is 0 Å². The van der Waals surface area contributed by atoms with E-state index in [-0.39, 0.29) is 18.6 Å². The average molecular weight is 386 g/mol. The van der Waals surface area contributed by atoms with Crippen molar-refractivity contribution in [1.29, 1.82) is 0 Å². The Labute approximate surface area is 154 Å². The van der Waals surface area contributed by atoms with Gasteiger partial charge in [0.15, 0.2) is 14.4 Å². The first-order valence-electron chi connectivity index (χ1n) is 8.73. The maximum atomic E-state index is 12.7. The summed E-state index contributed by atoms with van der Waals surface area (Å²) >= 11 is 1.52. The Morgan fingerprint density at radius 2 is 1.92 bits per heavy atom. The maximum Gasteiger partial charge on any atom is 0.417 e. The Hall–Kier alpha value is -1.22. The molecule has 0 spiro atoms. The summed E-state index contributed by atoms with van der Waals surface area (Å²) in [6.45, 7) is 6.80. The van der Waals surface area contributed by atoms with E-state index in [1.807, 2.05) is 17.5 Å². The first-order chi connectivity index (χ1) is 12.0. The molecule has 140 valence electrons. The minimum absolute atomic E-state index is 0.124. The van der Waals surface area contributed by atoms with Crippen molar-refractivity contribution in [1.82, 2.24) is 4.90 Å². The van der Waals surface area contributed by atoms with Crippen LogP contribution in [0.15, 0.2) is 17.5 Å². The normalized spacial score (nSPS) is 20.5. The lowest BCUT2D eigenvalue weighted by Gasteiger charge is -2.47. The predicted molar refractivity (Wildman–Crippen MR) is 99.2 cm³/mol. The van der Waals surface area contributed by atoms with Crippen LogP contribution >= 0.6 is 11.3 Å². The molecule has 0 saturated carbocycles. The second-order valence-electron chi connectivity index (χ2n) is 6.06. The molecule has 6 nitrogen and oxygen atoms in total. The van der Waals surface area contributed by atoms with E-state index < -0.39 is 20.5 Å². The number of amides is 2. The number of likely N-dealkylation sites (tertiary alicyclic amines) is 1. The largest absolute Gasteiger partial charge is 0.447 e. The highest BCUT2D eigenvalue weighted by Gasteiger charge is 2.55. The van der Waals surface area contributed by atoms with Crippen molar-refractivity contribution in [3.05, 3.63) is 22.4 Å². The van der Waals surface area contributed by atoms with Gasteiger partial charge in [0.1, 0.15) is 12.6 Å². The molecule has 0 aromatic carbocycles. The minimum atomic E-state index is -1.96. The summed E-state index contributed by atoms with van der Waals surface area (Å²) in [5.41, 5.74) is 0. The van der Waals surface area contributed by atoms with Crippen LogP contribution in [-0.2, 0) is 18.7 Å². The summed E-state index contributed by atoms with van der Waals surface area (Å²) < 4.78 is 16.4. The summed E-state index contributed by atoms with van der Waals surface area (Å²) in [6, 6.07) is 6.33. The number of hydrogen-bond acceptors (Lipinski definition) is 6. The second kappa shape index (κ2) is 8.93. The van der Waals surface area contributed by atoms with Gasteiger partial charge in [-0.05, 0) is 29.6 Å². The third-order valence-corrected chi connectivity index (χ3v) is 10.5. The number of imide groups is 1. The molecule has 1 fully saturated rings. The van der Waals surface area contributed by atoms with E-state index in [0.717, 1.165) is 23.0 Å². The molecule has 1 aliphatic heterocycles. The van der Waals surface area contributed by atoms with Gasteiger partial charge in [-0.15, -0.1) is 11.3 Å². The SMILES string of the molecule is CC[Si](CC)(CC)OC1C(=O)N(C(=O)OCCOC)C1c1cccs1. The molecule has 2 rings (SSSR count). The number of carbonyl (C=O) groups is 2. The number of rotatable bonds is 9. The van der Waals surface area contributed by atoms with Crippen LogP contribution in [0.25, 0.3) is 0 Å². The molecule has 8 heteroatoms. The van der Waals surface area contributed by atoms with Gasteiger partial charge < -0.3 is 13.9 Å². The summed E-state index contributed by atoms with van der Waals surface area (Å²) in [5.74, 6) is -0.298. The average Bonchev–Trinajstić information content (AvgIpc) is 3.15. The zero-order chi connectivity index (χ0) is 18.4. The molecule has 2 heterocycles. The second-order valence-corrected chi connectivity index (χ2v) is 11.8. The number of nitrogens with zero attached hydrogens (tertiary/aromatic N) is 1. The zero-order valence-corrected chi connectivity index (χ0v) is 17.1. The standard InChI is InChI=1S/C17H27NO5SSi/c1-5-25(6-2,7-3)23-15-14(13-9-8-12-24-13)18(16(15)19)17(20)22-11-10-21-4/h8-9,12,14-15H,5-7,10-11H2,1-4H3. The highest BCUT2D eigenvalue weighted by Crippen LogP contribution is 2.42. The molecule has 2 unspecified atom stereocenters. The number of methoxy groups -OCH3 is 1. The lowest BCUT2D eigenvalue weighted by atomic mass is 9.97. The highest BCUT2D eigenvalue weighted by atomic mass is 32.1. The van der Waals surface area contributed by atoms with Crippen LogP contribution in [0.1, 0.15) is 31.7 Å². The summed E-state index contributed by atoms with van der Waals surface area (Å²) in [5, 5.41) is 1.94. The smallest absolute Gasteiger partial charge is 0.417 e. The lowest BCUT2D eigenvalue weighted by Crippen LogP contribution is -2.64. The van der Waals surface area contributed by atoms with Gasteiger partial charge >= 0.3 is 6.09 Å². The Balaban J connectivity index is 2.18. The Morgan fingerprint density at radius 3 is 2.44 bits per heavy atom. The van der Waals surface area contributed by atoms with Crippen LogP contribution in [0.3, 0.4) is 0 Å². The third-order valence-electron chi connectivity index (χ3n) is 4.90. The number of ether oxygens (including phenoxy) is 2. The molecule has 2 amide bonds. The van der Waals surface area contributed by atoms with Crippen LogP contribution in [0.2, 0.25) is 18.1 Å². The van der Waals surface area contributed by atoms with Gasteiger partial charge in [0.2, 0.25) is 0 Å². The van der Waals surface area contributed by atoms with Gasteiger partial charge in [0.05, 0.1) is 6.61 Å². The Kier molecular flexibility index (Phi) is 7.18. The quantitative estimate of drug-likeness (QED) is 0.367. The van der Waals surface area contributed by atoms with Crippen molar-refractivity contribution in [3.8, 4) is 0 Å². The van der Waals surface area contributed by atoms with Gasteiger partial charge in [0, 0.05) is 12.0 Å². The summed E-state index contributed by atoms with van der Waals surface area (Å²) in [7, 11) is -0.424. The Bertz CT molecular complexity index is 567. The molecule has 1 saturated heterocycles. The molecule has 1 aromatic heterocycles. The number of carbonyl (C=O) groups excluding carboxylic acids is 2. The van der Waals surface area contributed by atoms with E-state index in [0.29, 0.717) is 6.61 Å². The van der Waals surface area contributed by atoms with Crippen LogP contribution in [0, 0.1) is 0 Å². The molecular weight excluding hydrogens is 358 g/mol. The molecule has 0 bridgehead atoms. The van der Waals surface area contributed by atoms with Crippen molar-refractivity contribution in [2.75, 3.05) is 20.3 Å². The third kappa shape index (κ3) is 4.13.